The third kappa shape index (κ3) is 3.37. The summed E-state index contributed by atoms with van der Waals surface area (Å²) in [7, 11) is 0. The van der Waals surface area contributed by atoms with Crippen molar-refractivity contribution in [3.8, 4) is 5.69 Å². The molecule has 18 heavy (non-hydrogen) atoms. The SMILES string of the molecule is CCCCNCc1cccn1-c1ccc(Cl)cc1. The average molecular weight is 263 g/mol. The first-order valence-corrected chi connectivity index (χ1v) is 6.82. The molecule has 0 radical (unpaired) electrons. The number of halogens is 1. The second-order valence-electron chi connectivity index (χ2n) is 4.38. The summed E-state index contributed by atoms with van der Waals surface area (Å²) >= 11 is 5.91. The fraction of sp³-hybridized carbons (Fsp3) is 0.333. The van der Waals surface area contributed by atoms with Crippen molar-refractivity contribution in [1.29, 1.82) is 0 Å². The minimum absolute atomic E-state index is 0.772. The summed E-state index contributed by atoms with van der Waals surface area (Å²) in [6.07, 6.45) is 4.53. The van der Waals surface area contributed by atoms with Gasteiger partial charge in [0, 0.05) is 29.1 Å². The van der Waals surface area contributed by atoms with Gasteiger partial charge in [-0.2, -0.15) is 0 Å². The maximum absolute atomic E-state index is 5.91. The van der Waals surface area contributed by atoms with Gasteiger partial charge in [0.1, 0.15) is 0 Å². The van der Waals surface area contributed by atoms with E-state index in [1.165, 1.54) is 18.5 Å². The van der Waals surface area contributed by atoms with Crippen molar-refractivity contribution < 1.29 is 0 Å². The van der Waals surface area contributed by atoms with E-state index < -0.39 is 0 Å². The molecule has 96 valence electrons. The molecular formula is C15H19ClN2. The summed E-state index contributed by atoms with van der Waals surface area (Å²) in [5, 5.41) is 4.24. The van der Waals surface area contributed by atoms with Gasteiger partial charge in [-0.3, -0.25) is 0 Å². The van der Waals surface area contributed by atoms with Crippen LogP contribution in [0.2, 0.25) is 5.02 Å². The van der Waals surface area contributed by atoms with Gasteiger partial charge in [0.15, 0.2) is 0 Å². The second-order valence-corrected chi connectivity index (χ2v) is 4.81. The standard InChI is InChI=1S/C15H19ClN2/c1-2-3-10-17-12-15-5-4-11-18(15)14-8-6-13(16)7-9-14/h4-9,11,17H,2-3,10,12H2,1H3. The monoisotopic (exact) mass is 262 g/mol. The summed E-state index contributed by atoms with van der Waals surface area (Å²) in [6.45, 7) is 4.18. The topological polar surface area (TPSA) is 17.0 Å². The van der Waals surface area contributed by atoms with Gasteiger partial charge in [0.2, 0.25) is 0 Å². The summed E-state index contributed by atoms with van der Waals surface area (Å²) in [5.41, 5.74) is 2.42. The van der Waals surface area contributed by atoms with Gasteiger partial charge in [-0.25, -0.2) is 0 Å². The van der Waals surface area contributed by atoms with Crippen LogP contribution in [0.5, 0.6) is 0 Å². The van der Waals surface area contributed by atoms with Gasteiger partial charge in [-0.05, 0) is 49.4 Å². The quantitative estimate of drug-likeness (QED) is 0.778. The Balaban J connectivity index is 2.05. The highest BCUT2D eigenvalue weighted by Gasteiger charge is 2.02. The van der Waals surface area contributed by atoms with Crippen LogP contribution in [0, 0.1) is 0 Å². The third-order valence-electron chi connectivity index (χ3n) is 2.95. The third-order valence-corrected chi connectivity index (χ3v) is 3.20. The van der Waals surface area contributed by atoms with Crippen LogP contribution >= 0.6 is 11.6 Å². The van der Waals surface area contributed by atoms with Gasteiger partial charge in [-0.1, -0.05) is 24.9 Å². The van der Waals surface area contributed by atoms with Crippen molar-refractivity contribution in [2.24, 2.45) is 0 Å². The number of hydrogen-bond donors (Lipinski definition) is 1. The highest BCUT2D eigenvalue weighted by atomic mass is 35.5. The zero-order chi connectivity index (χ0) is 12.8. The number of aromatic nitrogens is 1. The largest absolute Gasteiger partial charge is 0.320 e. The van der Waals surface area contributed by atoms with Crippen molar-refractivity contribution >= 4 is 11.6 Å². The van der Waals surface area contributed by atoms with E-state index in [4.69, 9.17) is 11.6 Å². The van der Waals surface area contributed by atoms with Crippen LogP contribution in [0.15, 0.2) is 42.6 Å². The van der Waals surface area contributed by atoms with Crippen LogP contribution in [0.4, 0.5) is 0 Å². The number of rotatable bonds is 6. The molecule has 1 heterocycles. The van der Waals surface area contributed by atoms with Gasteiger partial charge >= 0.3 is 0 Å². The van der Waals surface area contributed by atoms with E-state index >= 15 is 0 Å². The molecule has 0 bridgehead atoms. The Morgan fingerprint density at radius 3 is 2.67 bits per heavy atom. The molecule has 0 spiro atoms. The molecule has 0 saturated heterocycles. The van der Waals surface area contributed by atoms with E-state index in [-0.39, 0.29) is 0 Å². The highest BCUT2D eigenvalue weighted by Crippen LogP contribution is 2.16. The molecular weight excluding hydrogens is 244 g/mol. The van der Waals surface area contributed by atoms with E-state index in [1.54, 1.807) is 0 Å². The number of nitrogens with zero attached hydrogens (tertiary/aromatic N) is 1. The lowest BCUT2D eigenvalue weighted by atomic mass is 10.3. The van der Waals surface area contributed by atoms with Crippen molar-refractivity contribution in [3.05, 3.63) is 53.3 Å². The number of unbranched alkanes of at least 4 members (excludes halogenated alkanes) is 1. The molecule has 2 aromatic rings. The average Bonchev–Trinajstić information content (AvgIpc) is 2.84. The molecule has 2 nitrogen and oxygen atoms in total. The number of hydrogen-bond acceptors (Lipinski definition) is 1. The van der Waals surface area contributed by atoms with Crippen LogP contribution in [0.25, 0.3) is 5.69 Å². The number of benzene rings is 1. The lowest BCUT2D eigenvalue weighted by Crippen LogP contribution is -2.16. The predicted molar refractivity (Wildman–Crippen MR) is 77.4 cm³/mol. The first kappa shape index (κ1) is 13.2. The minimum Gasteiger partial charge on any atom is -0.320 e. The van der Waals surface area contributed by atoms with E-state index in [1.807, 2.05) is 24.3 Å². The van der Waals surface area contributed by atoms with Gasteiger partial charge in [-0.15, -0.1) is 0 Å². The Hall–Kier alpha value is -1.25. The molecule has 0 atom stereocenters. The zero-order valence-electron chi connectivity index (χ0n) is 10.7. The summed E-state index contributed by atoms with van der Waals surface area (Å²) in [5.74, 6) is 0. The van der Waals surface area contributed by atoms with Gasteiger partial charge in [0.25, 0.3) is 0 Å². The first-order valence-electron chi connectivity index (χ1n) is 6.44. The lowest BCUT2D eigenvalue weighted by Gasteiger charge is -2.10. The van der Waals surface area contributed by atoms with Crippen molar-refractivity contribution in [2.45, 2.75) is 26.3 Å². The van der Waals surface area contributed by atoms with Crippen molar-refractivity contribution in [3.63, 3.8) is 0 Å². The highest BCUT2D eigenvalue weighted by molar-refractivity contribution is 6.30. The van der Waals surface area contributed by atoms with Crippen LogP contribution in [-0.2, 0) is 6.54 Å². The van der Waals surface area contributed by atoms with E-state index in [9.17, 15) is 0 Å². The van der Waals surface area contributed by atoms with Crippen LogP contribution < -0.4 is 5.32 Å². The predicted octanol–water partition coefficient (Wildman–Crippen LogP) is 4.02. The van der Waals surface area contributed by atoms with E-state index in [2.05, 4.69) is 35.1 Å². The molecule has 2 rings (SSSR count). The molecule has 1 aromatic carbocycles. The molecule has 0 aliphatic heterocycles. The molecule has 1 aromatic heterocycles. The molecule has 0 amide bonds. The molecule has 0 fully saturated rings. The molecule has 0 aliphatic rings. The minimum atomic E-state index is 0.772. The second kappa shape index (κ2) is 6.62. The molecule has 0 unspecified atom stereocenters. The smallest absolute Gasteiger partial charge is 0.0453 e. The van der Waals surface area contributed by atoms with Crippen molar-refractivity contribution in [1.82, 2.24) is 9.88 Å². The Morgan fingerprint density at radius 1 is 1.17 bits per heavy atom. The fourth-order valence-electron chi connectivity index (χ4n) is 1.93. The summed E-state index contributed by atoms with van der Waals surface area (Å²) in [6, 6.07) is 12.1. The zero-order valence-corrected chi connectivity index (χ0v) is 11.5. The van der Waals surface area contributed by atoms with Crippen LogP contribution in [0.1, 0.15) is 25.5 Å². The van der Waals surface area contributed by atoms with Crippen LogP contribution in [0.3, 0.4) is 0 Å². The van der Waals surface area contributed by atoms with E-state index in [0.717, 1.165) is 23.8 Å². The first-order chi connectivity index (χ1) is 8.81. The van der Waals surface area contributed by atoms with Crippen molar-refractivity contribution in [2.75, 3.05) is 6.54 Å². The fourth-order valence-corrected chi connectivity index (χ4v) is 2.06. The molecule has 0 saturated carbocycles. The Labute approximate surface area is 114 Å². The normalized spacial score (nSPS) is 10.8. The summed E-state index contributed by atoms with van der Waals surface area (Å²) in [4.78, 5) is 0. The molecule has 3 heteroatoms. The lowest BCUT2D eigenvalue weighted by molar-refractivity contribution is 0.627. The van der Waals surface area contributed by atoms with Crippen LogP contribution in [-0.4, -0.2) is 11.1 Å². The Bertz CT molecular complexity index is 473. The maximum Gasteiger partial charge on any atom is 0.0453 e. The van der Waals surface area contributed by atoms with Gasteiger partial charge in [0.05, 0.1) is 0 Å². The van der Waals surface area contributed by atoms with E-state index in [0.29, 0.717) is 0 Å². The summed E-state index contributed by atoms with van der Waals surface area (Å²) < 4.78 is 2.19. The Kier molecular flexibility index (Phi) is 4.85. The number of nitrogens with one attached hydrogen (secondary N) is 1. The molecule has 1 N–H and O–H groups in total. The molecule has 0 aliphatic carbocycles. The Morgan fingerprint density at radius 2 is 1.94 bits per heavy atom. The maximum atomic E-state index is 5.91. The van der Waals surface area contributed by atoms with Gasteiger partial charge < -0.3 is 9.88 Å².